The fourth-order valence-corrected chi connectivity index (χ4v) is 3.18. The van der Waals surface area contributed by atoms with Gasteiger partial charge in [-0.15, -0.1) is 0 Å². The van der Waals surface area contributed by atoms with Crippen LogP contribution >= 0.6 is 0 Å². The molecule has 4 aromatic rings. The highest BCUT2D eigenvalue weighted by atomic mass is 19.1. The summed E-state index contributed by atoms with van der Waals surface area (Å²) in [5, 5.41) is 3.16. The van der Waals surface area contributed by atoms with Crippen LogP contribution in [-0.4, -0.2) is 20.5 Å². The molecule has 0 aliphatic rings. The lowest BCUT2D eigenvalue weighted by Crippen LogP contribution is -2.19. The Hall–Kier alpha value is -3.80. The molecule has 1 N–H and O–H groups in total. The Morgan fingerprint density at radius 1 is 1.00 bits per heavy atom. The maximum absolute atomic E-state index is 13.3. The molecule has 5 nitrogen and oxygen atoms in total. The Morgan fingerprint density at radius 2 is 1.72 bits per heavy atom. The van der Waals surface area contributed by atoms with Crippen molar-refractivity contribution in [1.29, 1.82) is 0 Å². The number of rotatable bonds is 4. The maximum atomic E-state index is 13.3. The number of hydrogen-bond acceptors (Lipinski definition) is 3. The summed E-state index contributed by atoms with van der Waals surface area (Å²) in [5.74, 6) is 0.176. The minimum absolute atomic E-state index is 0.260. The van der Waals surface area contributed by atoms with Crippen molar-refractivity contribution >= 4 is 11.5 Å². The summed E-state index contributed by atoms with van der Waals surface area (Å²) in [6.07, 6.45) is 0. The normalized spacial score (nSPS) is 11.6. The molecule has 0 bridgehead atoms. The van der Waals surface area contributed by atoms with Crippen LogP contribution in [0.2, 0.25) is 0 Å². The molecule has 0 unspecified atom stereocenters. The molecule has 0 fully saturated rings. The van der Waals surface area contributed by atoms with Gasteiger partial charge in [-0.1, -0.05) is 36.4 Å². The molecule has 6 heteroatoms. The van der Waals surface area contributed by atoms with Crippen molar-refractivity contribution in [3.8, 4) is 16.9 Å². The molecule has 0 atom stereocenters. The van der Waals surface area contributed by atoms with Crippen molar-refractivity contribution in [3.63, 3.8) is 0 Å². The van der Waals surface area contributed by atoms with Crippen molar-refractivity contribution in [1.82, 2.24) is 14.8 Å². The van der Waals surface area contributed by atoms with Gasteiger partial charge in [-0.2, -0.15) is 0 Å². The largest absolute Gasteiger partial charge is 0.290 e. The van der Waals surface area contributed by atoms with Crippen LogP contribution in [0.15, 0.2) is 82.6 Å². The van der Waals surface area contributed by atoms with E-state index in [0.717, 1.165) is 11.3 Å². The average molecular weight is 386 g/mol. The number of aromatic nitrogens is 3. The van der Waals surface area contributed by atoms with E-state index in [1.165, 1.54) is 16.8 Å². The lowest BCUT2D eigenvalue weighted by molar-refractivity contribution is 0.627. The first-order chi connectivity index (χ1) is 14.0. The van der Waals surface area contributed by atoms with Crippen LogP contribution in [0.4, 0.5) is 10.2 Å². The van der Waals surface area contributed by atoms with E-state index in [-0.39, 0.29) is 11.4 Å². The molecule has 144 valence electrons. The van der Waals surface area contributed by atoms with E-state index in [1.54, 1.807) is 25.1 Å². The molecule has 2 aromatic heterocycles. The minimum Gasteiger partial charge on any atom is -0.290 e. The molecule has 0 saturated carbocycles. The van der Waals surface area contributed by atoms with Crippen LogP contribution < -0.4 is 5.56 Å². The number of H-pyrrole nitrogens is 1. The first-order valence-corrected chi connectivity index (χ1v) is 9.18. The fourth-order valence-electron chi connectivity index (χ4n) is 3.18. The number of aryl methyl sites for hydroxylation is 1. The van der Waals surface area contributed by atoms with E-state index in [9.17, 15) is 9.18 Å². The summed E-state index contributed by atoms with van der Waals surface area (Å²) >= 11 is 0. The molecule has 29 heavy (non-hydrogen) atoms. The molecule has 2 aromatic carbocycles. The highest BCUT2D eigenvalue weighted by molar-refractivity contribution is 6.04. The zero-order valence-corrected chi connectivity index (χ0v) is 16.1. The Labute approximate surface area is 167 Å². The minimum atomic E-state index is -0.361. The maximum Gasteiger partial charge on any atom is 0.280 e. The molecule has 0 saturated heterocycles. The van der Waals surface area contributed by atoms with Crippen LogP contribution in [0.5, 0.6) is 0 Å². The zero-order valence-electron chi connectivity index (χ0n) is 16.1. The standard InChI is InChI=1S/C23H19FN4O/c1-15-7-6-10-20(25-15)26-16(2)21-22(17-8-4-3-5-9-17)27-28(23(21)29)19-13-11-18(24)12-14-19/h3-14,27H,1-2H3/b26-16+. The Morgan fingerprint density at radius 3 is 2.41 bits per heavy atom. The van der Waals surface area contributed by atoms with Crippen LogP contribution in [0.3, 0.4) is 0 Å². The van der Waals surface area contributed by atoms with Gasteiger partial charge >= 0.3 is 0 Å². The first-order valence-electron chi connectivity index (χ1n) is 9.18. The third-order valence-corrected chi connectivity index (χ3v) is 4.56. The number of nitrogens with zero attached hydrogens (tertiary/aromatic N) is 3. The number of halogens is 1. The van der Waals surface area contributed by atoms with E-state index in [0.29, 0.717) is 28.5 Å². The van der Waals surface area contributed by atoms with E-state index in [2.05, 4.69) is 15.1 Å². The van der Waals surface area contributed by atoms with Crippen molar-refractivity contribution < 1.29 is 4.39 Å². The van der Waals surface area contributed by atoms with Gasteiger partial charge in [-0.25, -0.2) is 19.0 Å². The molecule has 0 aliphatic heterocycles. The molecule has 2 heterocycles. The predicted octanol–water partition coefficient (Wildman–Crippen LogP) is 4.82. The monoisotopic (exact) mass is 386 g/mol. The second-order valence-corrected chi connectivity index (χ2v) is 6.68. The number of nitrogens with one attached hydrogen (secondary N) is 1. The van der Waals surface area contributed by atoms with Crippen LogP contribution in [0, 0.1) is 12.7 Å². The average Bonchev–Trinajstić information content (AvgIpc) is 3.06. The quantitative estimate of drug-likeness (QED) is 0.511. The molecular formula is C23H19FN4O. The Bertz CT molecular complexity index is 1240. The number of hydrogen-bond donors (Lipinski definition) is 1. The summed E-state index contributed by atoms with van der Waals surface area (Å²) in [6.45, 7) is 3.68. The zero-order chi connectivity index (χ0) is 20.4. The second-order valence-electron chi connectivity index (χ2n) is 6.68. The van der Waals surface area contributed by atoms with E-state index < -0.39 is 0 Å². The molecule has 0 spiro atoms. The van der Waals surface area contributed by atoms with Crippen molar-refractivity contribution in [3.05, 3.63) is 100 Å². The van der Waals surface area contributed by atoms with Crippen LogP contribution in [-0.2, 0) is 0 Å². The summed E-state index contributed by atoms with van der Waals surface area (Å²) in [7, 11) is 0. The van der Waals surface area contributed by atoms with Crippen molar-refractivity contribution in [2.75, 3.05) is 0 Å². The highest BCUT2D eigenvalue weighted by Crippen LogP contribution is 2.22. The third kappa shape index (κ3) is 3.78. The van der Waals surface area contributed by atoms with Gasteiger partial charge < -0.3 is 0 Å². The number of benzene rings is 2. The van der Waals surface area contributed by atoms with Gasteiger partial charge in [0.05, 0.1) is 22.7 Å². The van der Waals surface area contributed by atoms with Gasteiger partial charge in [0.2, 0.25) is 0 Å². The molecule has 0 amide bonds. The SMILES string of the molecule is C/C(=N\c1cccc(C)n1)c1c(-c2ccccc2)[nH]n(-c2ccc(F)cc2)c1=O. The van der Waals surface area contributed by atoms with Crippen LogP contribution in [0.1, 0.15) is 18.2 Å². The summed E-state index contributed by atoms with van der Waals surface area (Å²) in [5.41, 5.74) is 3.62. The first kappa shape index (κ1) is 18.6. The molecule has 0 radical (unpaired) electrons. The third-order valence-electron chi connectivity index (χ3n) is 4.56. The highest BCUT2D eigenvalue weighted by Gasteiger charge is 2.19. The van der Waals surface area contributed by atoms with Crippen molar-refractivity contribution in [2.24, 2.45) is 4.99 Å². The van der Waals surface area contributed by atoms with Gasteiger partial charge in [0, 0.05) is 11.3 Å². The lowest BCUT2D eigenvalue weighted by atomic mass is 10.1. The second kappa shape index (κ2) is 7.67. The smallest absolute Gasteiger partial charge is 0.280 e. The van der Waals surface area contributed by atoms with Crippen molar-refractivity contribution in [2.45, 2.75) is 13.8 Å². The number of pyridine rings is 1. The molecule has 0 aliphatic carbocycles. The molecular weight excluding hydrogens is 367 g/mol. The van der Waals surface area contributed by atoms with Gasteiger partial charge in [0.25, 0.3) is 5.56 Å². The van der Waals surface area contributed by atoms with Gasteiger partial charge in [-0.3, -0.25) is 9.89 Å². The topological polar surface area (TPSA) is 63.0 Å². The van der Waals surface area contributed by atoms with Crippen LogP contribution in [0.25, 0.3) is 16.9 Å². The van der Waals surface area contributed by atoms with Gasteiger partial charge in [0.15, 0.2) is 5.82 Å². The molecule has 4 rings (SSSR count). The predicted molar refractivity (Wildman–Crippen MR) is 113 cm³/mol. The Balaban J connectivity index is 1.92. The summed E-state index contributed by atoms with van der Waals surface area (Å²) in [4.78, 5) is 22.3. The summed E-state index contributed by atoms with van der Waals surface area (Å²) in [6, 6.07) is 20.9. The number of aliphatic imine (C=N–C) groups is 1. The Kier molecular flexibility index (Phi) is 4.91. The lowest BCUT2D eigenvalue weighted by Gasteiger charge is -2.03. The number of aromatic amines is 1. The van der Waals surface area contributed by atoms with E-state index in [4.69, 9.17) is 0 Å². The van der Waals surface area contributed by atoms with E-state index in [1.807, 2.05) is 49.4 Å². The fraction of sp³-hybridized carbons (Fsp3) is 0.0870. The van der Waals surface area contributed by atoms with E-state index >= 15 is 0 Å². The van der Waals surface area contributed by atoms with Gasteiger partial charge in [0.1, 0.15) is 5.82 Å². The van der Waals surface area contributed by atoms with Gasteiger partial charge in [-0.05, 0) is 50.2 Å². The summed E-state index contributed by atoms with van der Waals surface area (Å²) < 4.78 is 14.7.